The van der Waals surface area contributed by atoms with E-state index in [1.165, 1.54) is 11.3 Å². The highest BCUT2D eigenvalue weighted by Gasteiger charge is 2.28. The summed E-state index contributed by atoms with van der Waals surface area (Å²) in [6, 6.07) is 11.8. The highest BCUT2D eigenvalue weighted by Crippen LogP contribution is 2.33. The molecule has 1 aliphatic heterocycles. The van der Waals surface area contributed by atoms with Crippen LogP contribution in [0, 0.1) is 18.3 Å². The first-order chi connectivity index (χ1) is 15.0. The average molecular weight is 433 g/mol. The number of hydrogen-bond donors (Lipinski definition) is 0. The quantitative estimate of drug-likeness (QED) is 0.538. The Morgan fingerprint density at radius 2 is 2.16 bits per heavy atom. The van der Waals surface area contributed by atoms with Crippen molar-refractivity contribution in [2.24, 2.45) is 0 Å². The molecular formula is C24H24N4O2S. The van der Waals surface area contributed by atoms with E-state index in [1.54, 1.807) is 13.4 Å². The molecule has 0 radical (unpaired) electrons. The molecule has 3 heterocycles. The van der Waals surface area contributed by atoms with Crippen LogP contribution in [0.25, 0.3) is 11.8 Å². The van der Waals surface area contributed by atoms with Gasteiger partial charge in [0.05, 0.1) is 30.9 Å². The topological polar surface area (TPSA) is 71.2 Å². The lowest BCUT2D eigenvalue weighted by Gasteiger charge is -2.33. The second-order valence-electron chi connectivity index (χ2n) is 7.62. The first-order valence-electron chi connectivity index (χ1n) is 10.2. The van der Waals surface area contributed by atoms with Crippen LogP contribution in [-0.2, 0) is 4.79 Å². The predicted octanol–water partition coefficient (Wildman–Crippen LogP) is 4.89. The molecule has 4 rings (SSSR count). The molecular weight excluding hydrogens is 408 g/mol. The maximum Gasteiger partial charge on any atom is 0.250 e. The molecule has 1 amide bonds. The third kappa shape index (κ3) is 4.25. The van der Waals surface area contributed by atoms with E-state index in [9.17, 15) is 4.79 Å². The molecule has 1 aromatic carbocycles. The Balaban J connectivity index is 1.59. The third-order valence-electron chi connectivity index (χ3n) is 5.53. The van der Waals surface area contributed by atoms with Crippen molar-refractivity contribution < 1.29 is 9.53 Å². The molecule has 0 aliphatic carbocycles. The lowest BCUT2D eigenvalue weighted by Crippen LogP contribution is -2.38. The number of likely N-dealkylation sites (tertiary alicyclic amines) is 1. The van der Waals surface area contributed by atoms with Crippen LogP contribution >= 0.6 is 11.3 Å². The molecule has 0 bridgehead atoms. The van der Waals surface area contributed by atoms with E-state index in [4.69, 9.17) is 10.00 Å². The van der Waals surface area contributed by atoms with Gasteiger partial charge in [0.25, 0.3) is 0 Å². The van der Waals surface area contributed by atoms with Gasteiger partial charge in [0.15, 0.2) is 0 Å². The molecule has 6 nitrogen and oxygen atoms in total. The number of carbonyl (C=O) groups is 1. The van der Waals surface area contributed by atoms with E-state index in [1.807, 2.05) is 65.9 Å². The zero-order valence-electron chi connectivity index (χ0n) is 17.8. The number of piperidine rings is 1. The van der Waals surface area contributed by atoms with Crippen LogP contribution < -0.4 is 4.74 Å². The SMILES string of the molecule is COc1cc(C=C2CCCN([C@H](C)c3ccc(C#N)s3)C2=O)ccc1-n1cnc(C)c1. The van der Waals surface area contributed by atoms with Crippen LogP contribution in [0.15, 0.2) is 48.4 Å². The third-order valence-corrected chi connectivity index (χ3v) is 6.69. The summed E-state index contributed by atoms with van der Waals surface area (Å²) in [5, 5.41) is 9.09. The van der Waals surface area contributed by atoms with Gasteiger partial charge in [0, 0.05) is 23.2 Å². The number of hydrogen-bond acceptors (Lipinski definition) is 5. The first kappa shape index (κ1) is 20.9. The van der Waals surface area contributed by atoms with Gasteiger partial charge in [-0.05, 0) is 62.6 Å². The number of nitrogens with zero attached hydrogens (tertiary/aromatic N) is 4. The summed E-state index contributed by atoms with van der Waals surface area (Å²) in [7, 11) is 1.64. The molecule has 0 N–H and O–H groups in total. The molecule has 1 saturated heterocycles. The number of benzene rings is 1. The van der Waals surface area contributed by atoms with Gasteiger partial charge in [-0.1, -0.05) is 6.07 Å². The minimum atomic E-state index is -0.0512. The molecule has 1 aliphatic rings. The van der Waals surface area contributed by atoms with Crippen LogP contribution in [0.1, 0.15) is 46.8 Å². The monoisotopic (exact) mass is 432 g/mol. The highest BCUT2D eigenvalue weighted by molar-refractivity contribution is 7.12. The fourth-order valence-corrected chi connectivity index (χ4v) is 4.75. The number of methoxy groups -OCH3 is 1. The molecule has 0 spiro atoms. The summed E-state index contributed by atoms with van der Waals surface area (Å²) < 4.78 is 7.52. The second kappa shape index (κ2) is 8.78. The normalized spacial score (nSPS) is 16.4. The predicted molar refractivity (Wildman–Crippen MR) is 121 cm³/mol. The van der Waals surface area contributed by atoms with Gasteiger partial charge in [-0.2, -0.15) is 5.26 Å². The fourth-order valence-electron chi connectivity index (χ4n) is 3.88. The lowest BCUT2D eigenvalue weighted by molar-refractivity contribution is -0.130. The van der Waals surface area contributed by atoms with Crippen molar-refractivity contribution in [3.8, 4) is 17.5 Å². The Bertz CT molecular complexity index is 1180. The number of aromatic nitrogens is 2. The van der Waals surface area contributed by atoms with Crippen molar-refractivity contribution in [2.45, 2.75) is 32.7 Å². The maximum atomic E-state index is 13.2. The average Bonchev–Trinajstić information content (AvgIpc) is 3.43. The van der Waals surface area contributed by atoms with Crippen LogP contribution in [-0.4, -0.2) is 34.0 Å². The molecule has 2 aromatic heterocycles. The smallest absolute Gasteiger partial charge is 0.250 e. The largest absolute Gasteiger partial charge is 0.495 e. The van der Waals surface area contributed by atoms with Crippen molar-refractivity contribution in [3.63, 3.8) is 0 Å². The fraction of sp³-hybridized carbons (Fsp3) is 0.292. The van der Waals surface area contributed by atoms with Crippen molar-refractivity contribution in [3.05, 3.63) is 69.4 Å². The van der Waals surface area contributed by atoms with Gasteiger partial charge in [-0.15, -0.1) is 11.3 Å². The first-order valence-corrected chi connectivity index (χ1v) is 11.0. The Hall–Kier alpha value is -3.37. The summed E-state index contributed by atoms with van der Waals surface area (Å²) in [6.07, 6.45) is 7.34. The van der Waals surface area contributed by atoms with Crippen LogP contribution in [0.3, 0.4) is 0 Å². The molecule has 7 heteroatoms. The number of ether oxygens (including phenoxy) is 1. The standard InChI is InChI=1S/C24H24N4O2S/c1-16-14-27(15-26-16)21-8-6-18(12-22(21)30-3)11-19-5-4-10-28(24(19)29)17(2)23-9-7-20(13-25)31-23/h6-9,11-12,14-15,17H,4-5,10H2,1-3H3/t17-/m1/s1. The lowest BCUT2D eigenvalue weighted by atomic mass is 9.99. The second-order valence-corrected chi connectivity index (χ2v) is 8.73. The molecule has 31 heavy (non-hydrogen) atoms. The van der Waals surface area contributed by atoms with E-state index >= 15 is 0 Å². The molecule has 3 aromatic rings. The number of nitriles is 1. The van der Waals surface area contributed by atoms with Gasteiger partial charge < -0.3 is 14.2 Å². The van der Waals surface area contributed by atoms with Crippen molar-refractivity contribution in [1.29, 1.82) is 5.26 Å². The Morgan fingerprint density at radius 1 is 1.32 bits per heavy atom. The van der Waals surface area contributed by atoms with Crippen molar-refractivity contribution >= 4 is 23.3 Å². The Kier molecular flexibility index (Phi) is 5.92. The van der Waals surface area contributed by atoms with E-state index in [0.29, 0.717) is 4.88 Å². The summed E-state index contributed by atoms with van der Waals surface area (Å²) in [5.41, 5.74) is 3.56. The minimum absolute atomic E-state index is 0.0512. The van der Waals surface area contributed by atoms with Crippen LogP contribution in [0.5, 0.6) is 5.75 Å². The van der Waals surface area contributed by atoms with Gasteiger partial charge >= 0.3 is 0 Å². The zero-order valence-corrected chi connectivity index (χ0v) is 18.6. The molecule has 1 atom stereocenters. The number of amides is 1. The van der Waals surface area contributed by atoms with E-state index in [-0.39, 0.29) is 11.9 Å². The van der Waals surface area contributed by atoms with Crippen molar-refractivity contribution in [1.82, 2.24) is 14.5 Å². The number of thiophene rings is 1. The number of imidazole rings is 1. The van der Waals surface area contributed by atoms with E-state index in [0.717, 1.165) is 52.5 Å². The molecule has 158 valence electrons. The summed E-state index contributed by atoms with van der Waals surface area (Å²) >= 11 is 1.45. The zero-order chi connectivity index (χ0) is 22.0. The van der Waals surface area contributed by atoms with Gasteiger partial charge in [0.1, 0.15) is 16.7 Å². The molecule has 0 saturated carbocycles. The van der Waals surface area contributed by atoms with Crippen LogP contribution in [0.4, 0.5) is 0 Å². The number of carbonyl (C=O) groups excluding carboxylic acids is 1. The minimum Gasteiger partial charge on any atom is -0.495 e. The summed E-state index contributed by atoms with van der Waals surface area (Å²) in [4.78, 5) is 21.1. The number of aryl methyl sites for hydroxylation is 1. The van der Waals surface area contributed by atoms with Gasteiger partial charge in [0.2, 0.25) is 5.91 Å². The summed E-state index contributed by atoms with van der Waals surface area (Å²) in [5.74, 6) is 0.779. The maximum absolute atomic E-state index is 13.2. The highest BCUT2D eigenvalue weighted by atomic mass is 32.1. The summed E-state index contributed by atoms with van der Waals surface area (Å²) in [6.45, 7) is 4.69. The van der Waals surface area contributed by atoms with E-state index < -0.39 is 0 Å². The number of rotatable bonds is 5. The van der Waals surface area contributed by atoms with E-state index in [2.05, 4.69) is 11.1 Å². The Morgan fingerprint density at radius 3 is 2.84 bits per heavy atom. The van der Waals surface area contributed by atoms with Gasteiger partial charge in [-0.3, -0.25) is 4.79 Å². The van der Waals surface area contributed by atoms with Gasteiger partial charge in [-0.25, -0.2) is 4.98 Å². The Labute approximate surface area is 186 Å². The molecule has 1 fully saturated rings. The van der Waals surface area contributed by atoms with Crippen molar-refractivity contribution in [2.75, 3.05) is 13.7 Å². The van der Waals surface area contributed by atoms with Crippen LogP contribution in [0.2, 0.25) is 0 Å². The molecule has 0 unspecified atom stereocenters.